The van der Waals surface area contributed by atoms with Gasteiger partial charge in [0, 0.05) is 15.5 Å². The van der Waals surface area contributed by atoms with Crippen LogP contribution in [0.4, 0.5) is 11.5 Å². The van der Waals surface area contributed by atoms with Crippen LogP contribution >= 0.6 is 39.9 Å². The van der Waals surface area contributed by atoms with Crippen molar-refractivity contribution in [2.45, 2.75) is 6.61 Å². The Morgan fingerprint density at radius 2 is 1.79 bits per heavy atom. The fourth-order valence-electron chi connectivity index (χ4n) is 2.70. The minimum Gasteiger partial charge on any atom is -0.487 e. The molecule has 0 atom stereocenters. The van der Waals surface area contributed by atoms with E-state index in [0.717, 1.165) is 32.4 Å². The first kappa shape index (κ1) is 20.4. The van der Waals surface area contributed by atoms with Crippen molar-refractivity contribution in [3.8, 4) is 5.75 Å². The number of halogens is 3. The zero-order chi connectivity index (χ0) is 18.6. The van der Waals surface area contributed by atoms with Crippen molar-refractivity contribution in [1.29, 1.82) is 0 Å². The van der Waals surface area contributed by atoms with E-state index in [1.54, 1.807) is 0 Å². The molecule has 0 bridgehead atoms. The first-order chi connectivity index (χ1) is 13.2. The standard InChI is InChI=1S/C21H15BrClN3O.ClH/c22-15-6-8-19-17(10-15)21(25-13-24-19)26-16-7-9-20(18(23)11-16)27-12-14-4-2-1-3-5-14;/h1-11,13H,12H2,(H,24,25,26);1H. The Kier molecular flexibility index (Phi) is 6.73. The van der Waals surface area contributed by atoms with Gasteiger partial charge in [0.05, 0.1) is 10.5 Å². The molecule has 0 aliphatic rings. The predicted octanol–water partition coefficient (Wildman–Crippen LogP) is 6.79. The smallest absolute Gasteiger partial charge is 0.141 e. The van der Waals surface area contributed by atoms with Gasteiger partial charge in [-0.25, -0.2) is 9.97 Å². The highest BCUT2D eigenvalue weighted by molar-refractivity contribution is 9.10. The Balaban J connectivity index is 0.00000225. The molecule has 1 N–H and O–H groups in total. The van der Waals surface area contributed by atoms with Crippen LogP contribution in [0.25, 0.3) is 10.9 Å². The zero-order valence-electron chi connectivity index (χ0n) is 14.6. The highest BCUT2D eigenvalue weighted by Gasteiger charge is 2.08. The molecule has 3 aromatic carbocycles. The Labute approximate surface area is 182 Å². The number of hydrogen-bond acceptors (Lipinski definition) is 4. The molecular formula is C21H16BrCl2N3O. The van der Waals surface area contributed by atoms with Gasteiger partial charge in [0.25, 0.3) is 0 Å². The molecule has 7 heteroatoms. The fraction of sp³-hybridized carbons (Fsp3) is 0.0476. The molecule has 0 radical (unpaired) electrons. The first-order valence-corrected chi connectivity index (χ1v) is 9.50. The molecule has 4 rings (SSSR count). The Morgan fingerprint density at radius 3 is 2.57 bits per heavy atom. The average Bonchev–Trinajstić information content (AvgIpc) is 2.69. The zero-order valence-corrected chi connectivity index (χ0v) is 17.8. The Morgan fingerprint density at radius 1 is 0.964 bits per heavy atom. The summed E-state index contributed by atoms with van der Waals surface area (Å²) in [5, 5.41) is 4.77. The van der Waals surface area contributed by atoms with Gasteiger partial charge in [0.1, 0.15) is 24.5 Å². The van der Waals surface area contributed by atoms with E-state index in [9.17, 15) is 0 Å². The summed E-state index contributed by atoms with van der Waals surface area (Å²) in [6.07, 6.45) is 1.54. The highest BCUT2D eigenvalue weighted by atomic mass is 79.9. The van der Waals surface area contributed by atoms with Gasteiger partial charge >= 0.3 is 0 Å². The van der Waals surface area contributed by atoms with Crippen LogP contribution in [0.3, 0.4) is 0 Å². The van der Waals surface area contributed by atoms with Gasteiger partial charge in [-0.2, -0.15) is 0 Å². The van der Waals surface area contributed by atoms with Crippen molar-refractivity contribution < 1.29 is 4.74 Å². The summed E-state index contributed by atoms with van der Waals surface area (Å²) in [6.45, 7) is 0.470. The lowest BCUT2D eigenvalue weighted by molar-refractivity contribution is 0.306. The van der Waals surface area contributed by atoms with Gasteiger partial charge in [-0.3, -0.25) is 0 Å². The lowest BCUT2D eigenvalue weighted by atomic mass is 10.2. The Hall–Kier alpha value is -2.34. The van der Waals surface area contributed by atoms with E-state index in [-0.39, 0.29) is 12.4 Å². The number of aromatic nitrogens is 2. The largest absolute Gasteiger partial charge is 0.487 e. The van der Waals surface area contributed by atoms with Crippen LogP contribution in [0.5, 0.6) is 5.75 Å². The number of ether oxygens (including phenoxy) is 1. The molecule has 0 amide bonds. The predicted molar refractivity (Wildman–Crippen MR) is 120 cm³/mol. The van der Waals surface area contributed by atoms with Crippen LogP contribution in [0, 0.1) is 0 Å². The van der Waals surface area contributed by atoms with Gasteiger partial charge < -0.3 is 10.1 Å². The van der Waals surface area contributed by atoms with Crippen molar-refractivity contribution >= 4 is 62.3 Å². The summed E-state index contributed by atoms with van der Waals surface area (Å²) >= 11 is 9.89. The lowest BCUT2D eigenvalue weighted by Gasteiger charge is -2.12. The molecule has 0 spiro atoms. The quantitative estimate of drug-likeness (QED) is 0.344. The molecule has 0 fully saturated rings. The van der Waals surface area contributed by atoms with E-state index in [1.165, 1.54) is 6.33 Å². The number of rotatable bonds is 5. The molecule has 0 aliphatic carbocycles. The molecule has 4 aromatic rings. The third-order valence-corrected chi connectivity index (χ3v) is 4.82. The Bertz CT molecular complexity index is 1090. The molecule has 0 aliphatic heterocycles. The number of nitrogens with zero attached hydrogens (tertiary/aromatic N) is 2. The van der Waals surface area contributed by atoms with E-state index in [4.69, 9.17) is 16.3 Å². The second-order valence-corrected chi connectivity index (χ2v) is 7.25. The number of benzene rings is 3. The third-order valence-electron chi connectivity index (χ3n) is 4.03. The van der Waals surface area contributed by atoms with Crippen molar-refractivity contribution in [1.82, 2.24) is 9.97 Å². The number of fused-ring (bicyclic) bond motifs is 1. The maximum Gasteiger partial charge on any atom is 0.141 e. The van der Waals surface area contributed by atoms with Crippen molar-refractivity contribution in [2.24, 2.45) is 0 Å². The van der Waals surface area contributed by atoms with E-state index < -0.39 is 0 Å². The van der Waals surface area contributed by atoms with Gasteiger partial charge in [0.2, 0.25) is 0 Å². The molecule has 1 heterocycles. The van der Waals surface area contributed by atoms with Gasteiger partial charge in [-0.15, -0.1) is 12.4 Å². The van der Waals surface area contributed by atoms with Gasteiger partial charge in [-0.1, -0.05) is 57.9 Å². The average molecular weight is 477 g/mol. The molecule has 142 valence electrons. The third kappa shape index (κ3) is 4.73. The van der Waals surface area contributed by atoms with Crippen LogP contribution in [-0.4, -0.2) is 9.97 Å². The molecule has 0 saturated carbocycles. The normalized spacial score (nSPS) is 10.4. The van der Waals surface area contributed by atoms with Crippen LogP contribution in [0.2, 0.25) is 5.02 Å². The second kappa shape index (κ2) is 9.24. The van der Waals surface area contributed by atoms with Crippen LogP contribution in [-0.2, 0) is 6.61 Å². The van der Waals surface area contributed by atoms with Crippen molar-refractivity contribution in [2.75, 3.05) is 5.32 Å². The molecule has 0 saturated heterocycles. The van der Waals surface area contributed by atoms with E-state index in [0.29, 0.717) is 17.4 Å². The highest BCUT2D eigenvalue weighted by Crippen LogP contribution is 2.31. The number of anilines is 2. The van der Waals surface area contributed by atoms with Crippen LogP contribution < -0.4 is 10.1 Å². The number of hydrogen-bond donors (Lipinski definition) is 1. The maximum absolute atomic E-state index is 6.40. The minimum atomic E-state index is 0. The second-order valence-electron chi connectivity index (χ2n) is 5.93. The monoisotopic (exact) mass is 475 g/mol. The van der Waals surface area contributed by atoms with Crippen molar-refractivity contribution in [3.05, 3.63) is 88.1 Å². The number of nitrogens with one attached hydrogen (secondary N) is 1. The topological polar surface area (TPSA) is 47.0 Å². The molecule has 0 unspecified atom stereocenters. The minimum absolute atomic E-state index is 0. The summed E-state index contributed by atoms with van der Waals surface area (Å²) in [4.78, 5) is 8.65. The molecule has 28 heavy (non-hydrogen) atoms. The van der Waals surface area contributed by atoms with E-state index >= 15 is 0 Å². The maximum atomic E-state index is 6.40. The van der Waals surface area contributed by atoms with E-state index in [1.807, 2.05) is 66.7 Å². The summed E-state index contributed by atoms with van der Waals surface area (Å²) in [6, 6.07) is 21.5. The molecular weight excluding hydrogens is 461 g/mol. The van der Waals surface area contributed by atoms with E-state index in [2.05, 4.69) is 31.2 Å². The van der Waals surface area contributed by atoms with Gasteiger partial charge in [0.15, 0.2) is 0 Å². The first-order valence-electron chi connectivity index (χ1n) is 8.32. The summed E-state index contributed by atoms with van der Waals surface area (Å²) in [5.41, 5.74) is 2.78. The summed E-state index contributed by atoms with van der Waals surface area (Å²) in [7, 11) is 0. The summed E-state index contributed by atoms with van der Waals surface area (Å²) < 4.78 is 6.79. The van der Waals surface area contributed by atoms with Crippen molar-refractivity contribution in [3.63, 3.8) is 0 Å². The SMILES string of the molecule is Cl.Clc1cc(Nc2ncnc3ccc(Br)cc23)ccc1OCc1ccccc1. The van der Waals surface area contributed by atoms with Gasteiger partial charge in [-0.05, 0) is 42.0 Å². The van der Waals surface area contributed by atoms with Crippen LogP contribution in [0.15, 0.2) is 77.5 Å². The molecule has 4 nitrogen and oxygen atoms in total. The lowest BCUT2D eigenvalue weighted by Crippen LogP contribution is -1.98. The van der Waals surface area contributed by atoms with Crippen LogP contribution in [0.1, 0.15) is 5.56 Å². The molecule has 1 aromatic heterocycles. The summed E-state index contributed by atoms with van der Waals surface area (Å²) in [5.74, 6) is 1.36. The fourth-order valence-corrected chi connectivity index (χ4v) is 3.29.